The Morgan fingerprint density at radius 1 is 1.38 bits per heavy atom. The molecule has 0 saturated carbocycles. The average molecular weight is 228 g/mol. The van der Waals surface area contributed by atoms with Crippen LogP contribution in [-0.4, -0.2) is 43.1 Å². The highest BCUT2D eigenvalue weighted by molar-refractivity contribution is 5.76. The lowest BCUT2D eigenvalue weighted by atomic mass is 10.1. The third-order valence-corrected chi connectivity index (χ3v) is 2.77. The van der Waals surface area contributed by atoms with Crippen molar-refractivity contribution in [3.8, 4) is 0 Å². The van der Waals surface area contributed by atoms with E-state index in [0.717, 1.165) is 19.3 Å². The molecule has 0 aromatic rings. The lowest BCUT2D eigenvalue weighted by Gasteiger charge is -2.31. The number of hydrogen-bond acceptors (Lipinski definition) is 3. The SMILES string of the molecule is CCCC(=O)NC1CCN(C(=O)OC)CC1. The molecule has 1 fully saturated rings. The Bertz CT molecular complexity index is 248. The number of nitrogens with zero attached hydrogens (tertiary/aromatic N) is 1. The van der Waals surface area contributed by atoms with Gasteiger partial charge in [0, 0.05) is 25.6 Å². The summed E-state index contributed by atoms with van der Waals surface area (Å²) in [5.74, 6) is 0.110. The van der Waals surface area contributed by atoms with Gasteiger partial charge in [-0.2, -0.15) is 0 Å². The van der Waals surface area contributed by atoms with Crippen molar-refractivity contribution in [2.24, 2.45) is 0 Å². The second-order valence-corrected chi connectivity index (χ2v) is 4.05. The molecule has 1 rings (SSSR count). The first-order valence-electron chi connectivity index (χ1n) is 5.79. The molecule has 1 aliphatic heterocycles. The molecule has 0 unspecified atom stereocenters. The maximum atomic E-state index is 11.4. The molecule has 1 saturated heterocycles. The van der Waals surface area contributed by atoms with Crippen LogP contribution in [-0.2, 0) is 9.53 Å². The van der Waals surface area contributed by atoms with Gasteiger partial charge in [0.2, 0.25) is 5.91 Å². The third-order valence-electron chi connectivity index (χ3n) is 2.77. The molecule has 1 heterocycles. The Kier molecular flexibility index (Phi) is 5.08. The van der Waals surface area contributed by atoms with Crippen molar-refractivity contribution < 1.29 is 14.3 Å². The Hall–Kier alpha value is -1.26. The van der Waals surface area contributed by atoms with Gasteiger partial charge >= 0.3 is 6.09 Å². The van der Waals surface area contributed by atoms with E-state index in [4.69, 9.17) is 0 Å². The molecule has 0 atom stereocenters. The van der Waals surface area contributed by atoms with Gasteiger partial charge in [-0.1, -0.05) is 6.92 Å². The highest BCUT2D eigenvalue weighted by Gasteiger charge is 2.23. The molecule has 16 heavy (non-hydrogen) atoms. The average Bonchev–Trinajstić information content (AvgIpc) is 2.29. The summed E-state index contributed by atoms with van der Waals surface area (Å²) in [6, 6.07) is 0.208. The number of piperidine rings is 1. The lowest BCUT2D eigenvalue weighted by Crippen LogP contribution is -2.46. The fourth-order valence-corrected chi connectivity index (χ4v) is 1.86. The van der Waals surface area contributed by atoms with Crippen LogP contribution in [0.4, 0.5) is 4.79 Å². The van der Waals surface area contributed by atoms with Crippen molar-refractivity contribution in [3.63, 3.8) is 0 Å². The van der Waals surface area contributed by atoms with Crippen LogP contribution in [0.2, 0.25) is 0 Å². The van der Waals surface area contributed by atoms with Gasteiger partial charge < -0.3 is 15.0 Å². The van der Waals surface area contributed by atoms with E-state index >= 15 is 0 Å². The summed E-state index contributed by atoms with van der Waals surface area (Å²) in [5.41, 5.74) is 0. The molecule has 0 aromatic carbocycles. The van der Waals surface area contributed by atoms with Crippen LogP contribution < -0.4 is 5.32 Å². The van der Waals surface area contributed by atoms with Gasteiger partial charge in [0.25, 0.3) is 0 Å². The van der Waals surface area contributed by atoms with Gasteiger partial charge in [0.05, 0.1) is 7.11 Å². The molecule has 0 aliphatic carbocycles. The van der Waals surface area contributed by atoms with Crippen molar-refractivity contribution in [1.29, 1.82) is 0 Å². The summed E-state index contributed by atoms with van der Waals surface area (Å²) in [4.78, 5) is 24.3. The molecule has 1 aliphatic rings. The summed E-state index contributed by atoms with van der Waals surface area (Å²) in [6.45, 7) is 3.30. The smallest absolute Gasteiger partial charge is 0.409 e. The highest BCUT2D eigenvalue weighted by Crippen LogP contribution is 2.11. The number of methoxy groups -OCH3 is 1. The van der Waals surface area contributed by atoms with Crippen LogP contribution in [0, 0.1) is 0 Å². The van der Waals surface area contributed by atoms with Crippen molar-refractivity contribution in [3.05, 3.63) is 0 Å². The standard InChI is InChI=1S/C11H20N2O3/c1-3-4-10(14)12-9-5-7-13(8-6-9)11(15)16-2/h9H,3-8H2,1-2H3,(H,12,14). The maximum Gasteiger partial charge on any atom is 0.409 e. The number of rotatable bonds is 3. The molecule has 1 N–H and O–H groups in total. The van der Waals surface area contributed by atoms with E-state index in [1.165, 1.54) is 7.11 Å². The number of carbonyl (C=O) groups excluding carboxylic acids is 2. The zero-order chi connectivity index (χ0) is 12.0. The van der Waals surface area contributed by atoms with E-state index in [0.29, 0.717) is 19.5 Å². The topological polar surface area (TPSA) is 58.6 Å². The first kappa shape index (κ1) is 12.8. The molecule has 0 spiro atoms. The van der Waals surface area contributed by atoms with Gasteiger partial charge in [-0.05, 0) is 19.3 Å². The summed E-state index contributed by atoms with van der Waals surface area (Å²) in [5, 5.41) is 2.98. The molecule has 5 heteroatoms. The molecule has 5 nitrogen and oxygen atoms in total. The molecule has 0 aromatic heterocycles. The van der Waals surface area contributed by atoms with E-state index in [-0.39, 0.29) is 18.0 Å². The fraction of sp³-hybridized carbons (Fsp3) is 0.818. The second-order valence-electron chi connectivity index (χ2n) is 4.05. The minimum Gasteiger partial charge on any atom is -0.453 e. The van der Waals surface area contributed by atoms with Crippen molar-refractivity contribution in [2.75, 3.05) is 20.2 Å². The minimum atomic E-state index is -0.279. The Morgan fingerprint density at radius 3 is 2.50 bits per heavy atom. The summed E-state index contributed by atoms with van der Waals surface area (Å²) >= 11 is 0. The minimum absolute atomic E-state index is 0.110. The van der Waals surface area contributed by atoms with Crippen LogP contribution >= 0.6 is 0 Å². The van der Waals surface area contributed by atoms with Gasteiger partial charge in [-0.3, -0.25) is 4.79 Å². The van der Waals surface area contributed by atoms with E-state index in [1.807, 2.05) is 6.92 Å². The Morgan fingerprint density at radius 2 is 2.00 bits per heavy atom. The summed E-state index contributed by atoms with van der Waals surface area (Å²) in [6.07, 6.45) is 2.79. The lowest BCUT2D eigenvalue weighted by molar-refractivity contribution is -0.122. The van der Waals surface area contributed by atoms with E-state index in [9.17, 15) is 9.59 Å². The van der Waals surface area contributed by atoms with Crippen LogP contribution in [0.15, 0.2) is 0 Å². The van der Waals surface area contributed by atoms with Crippen LogP contribution in [0.5, 0.6) is 0 Å². The summed E-state index contributed by atoms with van der Waals surface area (Å²) < 4.78 is 4.64. The normalized spacial score (nSPS) is 17.0. The summed E-state index contributed by atoms with van der Waals surface area (Å²) in [7, 11) is 1.39. The first-order valence-corrected chi connectivity index (χ1v) is 5.79. The number of nitrogens with one attached hydrogen (secondary N) is 1. The van der Waals surface area contributed by atoms with Crippen molar-refractivity contribution >= 4 is 12.0 Å². The van der Waals surface area contributed by atoms with E-state index < -0.39 is 0 Å². The van der Waals surface area contributed by atoms with Crippen LogP contribution in [0.1, 0.15) is 32.6 Å². The monoisotopic (exact) mass is 228 g/mol. The Balaban J connectivity index is 2.26. The van der Waals surface area contributed by atoms with Gasteiger partial charge in [0.15, 0.2) is 0 Å². The zero-order valence-corrected chi connectivity index (χ0v) is 9.99. The predicted octanol–water partition coefficient (Wildman–Crippen LogP) is 1.13. The number of hydrogen-bond donors (Lipinski definition) is 1. The van der Waals surface area contributed by atoms with Crippen LogP contribution in [0.25, 0.3) is 0 Å². The van der Waals surface area contributed by atoms with Gasteiger partial charge in [-0.25, -0.2) is 4.79 Å². The van der Waals surface area contributed by atoms with E-state index in [1.54, 1.807) is 4.90 Å². The van der Waals surface area contributed by atoms with Crippen molar-refractivity contribution in [2.45, 2.75) is 38.6 Å². The maximum absolute atomic E-state index is 11.4. The molecule has 0 radical (unpaired) electrons. The molecule has 0 bridgehead atoms. The molecule has 2 amide bonds. The zero-order valence-electron chi connectivity index (χ0n) is 9.99. The molecule has 92 valence electrons. The quantitative estimate of drug-likeness (QED) is 0.788. The fourth-order valence-electron chi connectivity index (χ4n) is 1.86. The number of likely N-dealkylation sites (tertiary alicyclic amines) is 1. The number of carbonyl (C=O) groups is 2. The van der Waals surface area contributed by atoms with E-state index in [2.05, 4.69) is 10.1 Å². The number of ether oxygens (including phenoxy) is 1. The van der Waals surface area contributed by atoms with Crippen molar-refractivity contribution in [1.82, 2.24) is 10.2 Å². The predicted molar refractivity (Wildman–Crippen MR) is 60.1 cm³/mol. The molecular weight excluding hydrogens is 208 g/mol. The van der Waals surface area contributed by atoms with Gasteiger partial charge in [-0.15, -0.1) is 0 Å². The first-order chi connectivity index (χ1) is 7.67. The largest absolute Gasteiger partial charge is 0.453 e. The van der Waals surface area contributed by atoms with Gasteiger partial charge in [0.1, 0.15) is 0 Å². The number of amides is 2. The van der Waals surface area contributed by atoms with Crippen LogP contribution in [0.3, 0.4) is 0 Å². The Labute approximate surface area is 96.1 Å². The molecular formula is C11H20N2O3. The third kappa shape index (κ3) is 3.72. The highest BCUT2D eigenvalue weighted by atomic mass is 16.5. The second kappa shape index (κ2) is 6.35.